The first-order chi connectivity index (χ1) is 12.0. The number of nitrogens with one attached hydrogen (secondary N) is 2. The number of hydrogen-bond donors (Lipinski definition) is 2. The molecular formula is C19H18ClN3OS. The van der Waals surface area contributed by atoms with Crippen molar-refractivity contribution in [3.05, 3.63) is 63.9 Å². The van der Waals surface area contributed by atoms with Crippen molar-refractivity contribution in [3.8, 4) is 11.3 Å². The van der Waals surface area contributed by atoms with E-state index in [4.69, 9.17) is 11.6 Å². The zero-order valence-electron chi connectivity index (χ0n) is 13.9. The largest absolute Gasteiger partial charge is 0.374 e. The van der Waals surface area contributed by atoms with Gasteiger partial charge in [0.15, 0.2) is 0 Å². The van der Waals surface area contributed by atoms with Crippen LogP contribution < -0.4 is 10.6 Å². The molecule has 6 heteroatoms. The van der Waals surface area contributed by atoms with Gasteiger partial charge in [0, 0.05) is 16.6 Å². The average Bonchev–Trinajstić information content (AvgIpc) is 3.04. The molecule has 2 aromatic carbocycles. The number of carbonyl (C=O) groups is 1. The number of hydrogen-bond acceptors (Lipinski definition) is 4. The molecule has 1 atom stereocenters. The van der Waals surface area contributed by atoms with Gasteiger partial charge in [-0.3, -0.25) is 4.79 Å². The maximum Gasteiger partial charge on any atom is 0.246 e. The minimum atomic E-state index is -0.399. The van der Waals surface area contributed by atoms with Crippen molar-refractivity contribution in [2.75, 3.05) is 10.6 Å². The van der Waals surface area contributed by atoms with E-state index in [1.165, 1.54) is 0 Å². The normalized spacial score (nSPS) is 11.8. The maximum absolute atomic E-state index is 12.3. The maximum atomic E-state index is 12.3. The predicted molar refractivity (Wildman–Crippen MR) is 105 cm³/mol. The smallest absolute Gasteiger partial charge is 0.246 e. The van der Waals surface area contributed by atoms with Gasteiger partial charge in [0.05, 0.1) is 21.4 Å². The Morgan fingerprint density at radius 3 is 2.52 bits per heavy atom. The van der Waals surface area contributed by atoms with Gasteiger partial charge in [-0.15, -0.1) is 11.3 Å². The Morgan fingerprint density at radius 2 is 1.88 bits per heavy atom. The number of halogens is 1. The van der Waals surface area contributed by atoms with Crippen LogP contribution in [-0.2, 0) is 4.79 Å². The SMILES string of the molecule is Cc1nc(-c2ccc(NC(C)C(=O)Nc3ccccc3Cl)cc2)cs1. The van der Waals surface area contributed by atoms with Crippen molar-refractivity contribution < 1.29 is 4.79 Å². The first kappa shape index (κ1) is 17.5. The molecule has 0 spiro atoms. The van der Waals surface area contributed by atoms with Crippen molar-refractivity contribution in [2.24, 2.45) is 0 Å². The molecule has 0 saturated heterocycles. The van der Waals surface area contributed by atoms with Crippen LogP contribution in [0, 0.1) is 6.92 Å². The number of carbonyl (C=O) groups excluding carboxylic acids is 1. The Bertz CT molecular complexity index is 876. The van der Waals surface area contributed by atoms with Gasteiger partial charge < -0.3 is 10.6 Å². The Morgan fingerprint density at radius 1 is 1.16 bits per heavy atom. The van der Waals surface area contributed by atoms with Gasteiger partial charge in [-0.25, -0.2) is 4.98 Å². The number of nitrogens with zero attached hydrogens (tertiary/aromatic N) is 1. The Labute approximate surface area is 155 Å². The van der Waals surface area contributed by atoms with E-state index in [2.05, 4.69) is 15.6 Å². The van der Waals surface area contributed by atoms with Gasteiger partial charge >= 0.3 is 0 Å². The number of aryl methyl sites for hydroxylation is 1. The lowest BCUT2D eigenvalue weighted by atomic mass is 10.1. The fraction of sp³-hybridized carbons (Fsp3) is 0.158. The summed E-state index contributed by atoms with van der Waals surface area (Å²) in [4.78, 5) is 16.8. The highest BCUT2D eigenvalue weighted by Crippen LogP contribution is 2.24. The first-order valence-corrected chi connectivity index (χ1v) is 9.13. The number of benzene rings is 2. The molecule has 4 nitrogen and oxygen atoms in total. The minimum absolute atomic E-state index is 0.146. The number of aromatic nitrogens is 1. The third kappa shape index (κ3) is 4.38. The molecule has 0 aliphatic heterocycles. The molecule has 0 radical (unpaired) electrons. The van der Waals surface area contributed by atoms with Crippen LogP contribution in [0.2, 0.25) is 5.02 Å². The quantitative estimate of drug-likeness (QED) is 0.647. The van der Waals surface area contributed by atoms with Gasteiger partial charge in [0.25, 0.3) is 0 Å². The zero-order chi connectivity index (χ0) is 17.8. The lowest BCUT2D eigenvalue weighted by Crippen LogP contribution is -2.31. The summed E-state index contributed by atoms with van der Waals surface area (Å²) < 4.78 is 0. The van der Waals surface area contributed by atoms with E-state index >= 15 is 0 Å². The predicted octanol–water partition coefficient (Wildman–Crippen LogP) is 5.21. The second-order valence-corrected chi connectivity index (χ2v) is 7.13. The second-order valence-electron chi connectivity index (χ2n) is 5.66. The molecule has 1 heterocycles. The minimum Gasteiger partial charge on any atom is -0.374 e. The molecule has 1 aromatic heterocycles. The highest BCUT2D eigenvalue weighted by Gasteiger charge is 2.14. The van der Waals surface area contributed by atoms with Crippen molar-refractivity contribution >= 4 is 40.2 Å². The van der Waals surface area contributed by atoms with Crippen LogP contribution in [0.5, 0.6) is 0 Å². The summed E-state index contributed by atoms with van der Waals surface area (Å²) in [6.07, 6.45) is 0. The third-order valence-corrected chi connectivity index (χ3v) is 4.81. The molecule has 0 aliphatic rings. The molecule has 25 heavy (non-hydrogen) atoms. The summed E-state index contributed by atoms with van der Waals surface area (Å²) in [6, 6.07) is 14.7. The molecule has 0 aliphatic carbocycles. The van der Waals surface area contributed by atoms with Gasteiger partial charge in [0.1, 0.15) is 6.04 Å². The lowest BCUT2D eigenvalue weighted by Gasteiger charge is -2.16. The van der Waals surface area contributed by atoms with Crippen LogP contribution in [-0.4, -0.2) is 16.9 Å². The van der Waals surface area contributed by atoms with Crippen LogP contribution in [0.15, 0.2) is 53.9 Å². The Kier molecular flexibility index (Phi) is 5.36. The summed E-state index contributed by atoms with van der Waals surface area (Å²) >= 11 is 7.70. The van der Waals surface area contributed by atoms with Crippen LogP contribution >= 0.6 is 22.9 Å². The summed E-state index contributed by atoms with van der Waals surface area (Å²) in [7, 11) is 0. The van der Waals surface area contributed by atoms with E-state index in [1.54, 1.807) is 23.5 Å². The van der Waals surface area contributed by atoms with Gasteiger partial charge in [-0.05, 0) is 38.1 Å². The molecular weight excluding hydrogens is 354 g/mol. The molecule has 128 valence electrons. The topological polar surface area (TPSA) is 54.0 Å². The number of thiazole rings is 1. The van der Waals surface area contributed by atoms with Gasteiger partial charge in [0.2, 0.25) is 5.91 Å². The van der Waals surface area contributed by atoms with Gasteiger partial charge in [-0.1, -0.05) is 35.9 Å². The van der Waals surface area contributed by atoms with E-state index in [0.717, 1.165) is 22.0 Å². The molecule has 0 saturated carbocycles. The van der Waals surface area contributed by atoms with Crippen molar-refractivity contribution in [1.29, 1.82) is 0 Å². The average molecular weight is 372 g/mol. The summed E-state index contributed by atoms with van der Waals surface area (Å²) in [6.45, 7) is 3.80. The van der Waals surface area contributed by atoms with Crippen LogP contribution in [0.1, 0.15) is 11.9 Å². The van der Waals surface area contributed by atoms with Crippen LogP contribution in [0.25, 0.3) is 11.3 Å². The highest BCUT2D eigenvalue weighted by molar-refractivity contribution is 7.09. The molecule has 1 unspecified atom stereocenters. The summed E-state index contributed by atoms with van der Waals surface area (Å²) in [5, 5.41) is 9.62. The second kappa shape index (κ2) is 7.68. The van der Waals surface area contributed by atoms with Gasteiger partial charge in [-0.2, -0.15) is 0 Å². The fourth-order valence-electron chi connectivity index (χ4n) is 2.35. The molecule has 2 N–H and O–H groups in total. The molecule has 0 bridgehead atoms. The van der Waals surface area contributed by atoms with Crippen LogP contribution in [0.4, 0.5) is 11.4 Å². The van der Waals surface area contributed by atoms with Crippen molar-refractivity contribution in [3.63, 3.8) is 0 Å². The Hall–Kier alpha value is -2.37. The highest BCUT2D eigenvalue weighted by atomic mass is 35.5. The molecule has 3 rings (SSSR count). The van der Waals surface area contributed by atoms with E-state index < -0.39 is 6.04 Å². The van der Waals surface area contributed by atoms with Crippen molar-refractivity contribution in [2.45, 2.75) is 19.9 Å². The standard InChI is InChI=1S/C19H18ClN3OS/c1-12(19(24)23-17-6-4-3-5-16(17)20)21-15-9-7-14(8-10-15)18-11-25-13(2)22-18/h3-12,21H,1-2H3,(H,23,24). The van der Waals surface area contributed by atoms with E-state index in [0.29, 0.717) is 10.7 Å². The lowest BCUT2D eigenvalue weighted by molar-refractivity contribution is -0.116. The number of para-hydroxylation sites is 1. The molecule has 1 amide bonds. The summed E-state index contributed by atoms with van der Waals surface area (Å²) in [5.41, 5.74) is 3.51. The van der Waals surface area contributed by atoms with Crippen molar-refractivity contribution in [1.82, 2.24) is 4.98 Å². The van der Waals surface area contributed by atoms with E-state index in [-0.39, 0.29) is 5.91 Å². The zero-order valence-corrected chi connectivity index (χ0v) is 15.5. The molecule has 0 fully saturated rings. The molecule has 3 aromatic rings. The first-order valence-electron chi connectivity index (χ1n) is 7.87. The summed E-state index contributed by atoms with van der Waals surface area (Å²) in [5.74, 6) is -0.146. The number of rotatable bonds is 5. The number of amides is 1. The Balaban J connectivity index is 1.63. The third-order valence-electron chi connectivity index (χ3n) is 3.71. The number of anilines is 2. The fourth-order valence-corrected chi connectivity index (χ4v) is 3.16. The monoisotopic (exact) mass is 371 g/mol. The van der Waals surface area contributed by atoms with Crippen LogP contribution in [0.3, 0.4) is 0 Å². The van der Waals surface area contributed by atoms with E-state index in [1.807, 2.05) is 55.6 Å². The van der Waals surface area contributed by atoms with E-state index in [9.17, 15) is 4.79 Å².